The Kier molecular flexibility index (Phi) is 6.09. The lowest BCUT2D eigenvalue weighted by Gasteiger charge is -2.11. The fourth-order valence-corrected chi connectivity index (χ4v) is 2.83. The molecule has 0 aliphatic rings. The van der Waals surface area contributed by atoms with Crippen molar-refractivity contribution < 1.29 is 23.9 Å². The zero-order valence-electron chi connectivity index (χ0n) is 16.0. The quantitative estimate of drug-likeness (QED) is 0.625. The summed E-state index contributed by atoms with van der Waals surface area (Å²) in [6.07, 6.45) is 0. The van der Waals surface area contributed by atoms with Gasteiger partial charge < -0.3 is 20.1 Å². The number of esters is 1. The van der Waals surface area contributed by atoms with Crippen LogP contribution in [0.25, 0.3) is 10.8 Å². The molecule has 0 radical (unpaired) electrons. The number of anilines is 2. The Hall–Kier alpha value is -3.87. The minimum absolute atomic E-state index is 0.216. The Morgan fingerprint density at radius 3 is 2.17 bits per heavy atom. The number of hydrogen-bond donors (Lipinski definition) is 2. The first kappa shape index (κ1) is 19.9. The Bertz CT molecular complexity index is 1080. The molecular formula is C22H20N2O5. The third-order valence-corrected chi connectivity index (χ3v) is 4.09. The minimum atomic E-state index is -0.658. The lowest BCUT2D eigenvalue weighted by molar-refractivity contribution is -0.119. The van der Waals surface area contributed by atoms with E-state index in [0.29, 0.717) is 17.1 Å². The summed E-state index contributed by atoms with van der Waals surface area (Å²) in [5, 5.41) is 7.04. The highest BCUT2D eigenvalue weighted by Gasteiger charge is 2.16. The van der Waals surface area contributed by atoms with E-state index in [9.17, 15) is 14.4 Å². The monoisotopic (exact) mass is 392 g/mol. The minimum Gasteiger partial charge on any atom is -0.496 e. The smallest absolute Gasteiger partial charge is 0.342 e. The summed E-state index contributed by atoms with van der Waals surface area (Å²) in [5.41, 5.74) is 1.26. The third-order valence-electron chi connectivity index (χ3n) is 4.09. The molecule has 2 amide bonds. The normalized spacial score (nSPS) is 10.3. The van der Waals surface area contributed by atoms with Crippen molar-refractivity contribution >= 4 is 39.9 Å². The molecule has 7 nitrogen and oxygen atoms in total. The molecule has 0 aliphatic carbocycles. The van der Waals surface area contributed by atoms with Crippen molar-refractivity contribution in [2.45, 2.75) is 6.92 Å². The van der Waals surface area contributed by atoms with Crippen molar-refractivity contribution in [2.24, 2.45) is 0 Å². The van der Waals surface area contributed by atoms with Crippen molar-refractivity contribution in [3.05, 3.63) is 66.2 Å². The van der Waals surface area contributed by atoms with Gasteiger partial charge in [0.2, 0.25) is 5.91 Å². The van der Waals surface area contributed by atoms with Gasteiger partial charge in [-0.1, -0.05) is 30.3 Å². The van der Waals surface area contributed by atoms with Gasteiger partial charge in [0.25, 0.3) is 5.91 Å². The second kappa shape index (κ2) is 8.88. The van der Waals surface area contributed by atoms with Crippen LogP contribution in [0.3, 0.4) is 0 Å². The zero-order chi connectivity index (χ0) is 20.8. The van der Waals surface area contributed by atoms with E-state index in [2.05, 4.69) is 10.6 Å². The summed E-state index contributed by atoms with van der Waals surface area (Å²) < 4.78 is 10.4. The second-order valence-electron chi connectivity index (χ2n) is 6.29. The fourth-order valence-electron chi connectivity index (χ4n) is 2.83. The first-order chi connectivity index (χ1) is 14.0. The molecule has 2 N–H and O–H groups in total. The van der Waals surface area contributed by atoms with Crippen LogP contribution in [-0.4, -0.2) is 31.5 Å². The van der Waals surface area contributed by atoms with E-state index >= 15 is 0 Å². The van der Waals surface area contributed by atoms with Gasteiger partial charge in [0.15, 0.2) is 6.61 Å². The lowest BCUT2D eigenvalue weighted by atomic mass is 10.1. The highest BCUT2D eigenvalue weighted by atomic mass is 16.5. The predicted octanol–water partition coefficient (Wildman–Crippen LogP) is 3.60. The van der Waals surface area contributed by atoms with E-state index in [4.69, 9.17) is 9.47 Å². The van der Waals surface area contributed by atoms with Gasteiger partial charge in [0.1, 0.15) is 11.3 Å². The summed E-state index contributed by atoms with van der Waals surface area (Å²) in [7, 11) is 1.47. The molecule has 0 saturated heterocycles. The van der Waals surface area contributed by atoms with Crippen LogP contribution in [0, 0.1) is 0 Å². The van der Waals surface area contributed by atoms with Crippen LogP contribution in [0.15, 0.2) is 60.7 Å². The molecule has 0 fully saturated rings. The second-order valence-corrected chi connectivity index (χ2v) is 6.29. The van der Waals surface area contributed by atoms with Crippen molar-refractivity contribution in [1.82, 2.24) is 0 Å². The average Bonchev–Trinajstić information content (AvgIpc) is 2.70. The SMILES string of the molecule is COc1cc2ccccc2cc1C(=O)OCC(=O)Nc1cccc(NC(C)=O)c1. The summed E-state index contributed by atoms with van der Waals surface area (Å²) >= 11 is 0. The van der Waals surface area contributed by atoms with Gasteiger partial charge in [-0.2, -0.15) is 0 Å². The van der Waals surface area contributed by atoms with Gasteiger partial charge in [-0.25, -0.2) is 4.79 Å². The van der Waals surface area contributed by atoms with Crippen LogP contribution < -0.4 is 15.4 Å². The van der Waals surface area contributed by atoms with Crippen LogP contribution in [0.2, 0.25) is 0 Å². The van der Waals surface area contributed by atoms with Crippen molar-refractivity contribution in [3.8, 4) is 5.75 Å². The molecule has 3 aromatic rings. The zero-order valence-corrected chi connectivity index (χ0v) is 16.0. The maximum absolute atomic E-state index is 12.5. The van der Waals surface area contributed by atoms with Gasteiger partial charge in [-0.3, -0.25) is 9.59 Å². The Morgan fingerprint density at radius 2 is 1.52 bits per heavy atom. The topological polar surface area (TPSA) is 93.7 Å². The molecule has 29 heavy (non-hydrogen) atoms. The standard InChI is InChI=1S/C22H20N2O5/c1-14(25)23-17-8-5-9-18(12-17)24-21(26)13-29-22(27)19-10-15-6-3-4-7-16(15)11-20(19)28-2/h3-12H,13H2,1-2H3,(H,23,25)(H,24,26). The molecule has 7 heteroatoms. The first-order valence-corrected chi connectivity index (χ1v) is 8.87. The largest absolute Gasteiger partial charge is 0.496 e. The molecule has 3 aromatic carbocycles. The highest BCUT2D eigenvalue weighted by Crippen LogP contribution is 2.26. The van der Waals surface area contributed by atoms with Crippen LogP contribution >= 0.6 is 0 Å². The number of amides is 2. The van der Waals surface area contributed by atoms with E-state index < -0.39 is 18.5 Å². The summed E-state index contributed by atoms with van der Waals surface area (Å²) in [5.74, 6) is -1.00. The number of benzene rings is 3. The number of carbonyl (C=O) groups excluding carboxylic acids is 3. The number of hydrogen-bond acceptors (Lipinski definition) is 5. The molecule has 3 rings (SSSR count). The molecule has 0 bridgehead atoms. The predicted molar refractivity (Wildman–Crippen MR) is 110 cm³/mol. The van der Waals surface area contributed by atoms with E-state index in [1.165, 1.54) is 14.0 Å². The van der Waals surface area contributed by atoms with Crippen molar-refractivity contribution in [1.29, 1.82) is 0 Å². The van der Waals surface area contributed by atoms with Crippen LogP contribution in [0.1, 0.15) is 17.3 Å². The molecule has 0 atom stereocenters. The van der Waals surface area contributed by atoms with E-state index in [0.717, 1.165) is 10.8 Å². The molecule has 148 valence electrons. The maximum atomic E-state index is 12.5. The van der Waals surface area contributed by atoms with Gasteiger partial charge in [-0.05, 0) is 41.1 Å². The number of ether oxygens (including phenoxy) is 2. The van der Waals surface area contributed by atoms with Gasteiger partial charge >= 0.3 is 5.97 Å². The van der Waals surface area contributed by atoms with Gasteiger partial charge in [0.05, 0.1) is 7.11 Å². The van der Waals surface area contributed by atoms with Crippen molar-refractivity contribution in [3.63, 3.8) is 0 Å². The van der Waals surface area contributed by atoms with E-state index in [-0.39, 0.29) is 11.5 Å². The fraction of sp³-hybridized carbons (Fsp3) is 0.136. The van der Waals surface area contributed by atoms with Crippen LogP contribution in [0.4, 0.5) is 11.4 Å². The Labute approximate surface area is 167 Å². The molecule has 0 spiro atoms. The first-order valence-electron chi connectivity index (χ1n) is 8.87. The summed E-state index contributed by atoms with van der Waals surface area (Å²) in [4.78, 5) is 35.7. The third kappa shape index (κ3) is 5.10. The van der Waals surface area contributed by atoms with Crippen molar-refractivity contribution in [2.75, 3.05) is 24.4 Å². The number of rotatable bonds is 6. The summed E-state index contributed by atoms with van der Waals surface area (Å²) in [6.45, 7) is 0.935. The molecular weight excluding hydrogens is 372 g/mol. The average molecular weight is 392 g/mol. The number of fused-ring (bicyclic) bond motifs is 1. The van der Waals surface area contributed by atoms with Crippen LogP contribution in [-0.2, 0) is 14.3 Å². The Balaban J connectivity index is 1.65. The van der Waals surface area contributed by atoms with Gasteiger partial charge in [-0.15, -0.1) is 0 Å². The van der Waals surface area contributed by atoms with Crippen LogP contribution in [0.5, 0.6) is 5.75 Å². The lowest BCUT2D eigenvalue weighted by Crippen LogP contribution is -2.21. The number of carbonyl (C=O) groups is 3. The molecule has 0 aromatic heterocycles. The number of nitrogens with one attached hydrogen (secondary N) is 2. The molecule has 0 saturated carbocycles. The van der Waals surface area contributed by atoms with E-state index in [1.807, 2.05) is 24.3 Å². The maximum Gasteiger partial charge on any atom is 0.342 e. The van der Waals surface area contributed by atoms with E-state index in [1.54, 1.807) is 36.4 Å². The van der Waals surface area contributed by atoms with Gasteiger partial charge in [0, 0.05) is 18.3 Å². The number of methoxy groups -OCH3 is 1. The highest BCUT2D eigenvalue weighted by molar-refractivity contribution is 6.00. The molecule has 0 unspecified atom stereocenters. The molecule has 0 heterocycles. The summed E-state index contributed by atoms with van der Waals surface area (Å²) in [6, 6.07) is 17.6. The molecule has 0 aliphatic heterocycles. The Morgan fingerprint density at radius 1 is 0.862 bits per heavy atom.